The highest BCUT2D eigenvalue weighted by Gasteiger charge is 2.24. The SMILES string of the molecule is COc1ccc(-c2ccc(-n3c(=O)n(C4CCNC4)c4ncccc43)cc2)cc1. The first kappa shape index (κ1) is 17.7. The Labute approximate surface area is 168 Å². The molecule has 1 N–H and O–H groups in total. The summed E-state index contributed by atoms with van der Waals surface area (Å²) in [6, 6.07) is 20.0. The molecule has 6 heteroatoms. The molecule has 1 fully saturated rings. The van der Waals surface area contributed by atoms with Gasteiger partial charge in [0, 0.05) is 12.7 Å². The summed E-state index contributed by atoms with van der Waals surface area (Å²) < 4.78 is 8.83. The van der Waals surface area contributed by atoms with Gasteiger partial charge in [-0.2, -0.15) is 0 Å². The zero-order chi connectivity index (χ0) is 19.8. The van der Waals surface area contributed by atoms with Gasteiger partial charge in [-0.25, -0.2) is 9.78 Å². The summed E-state index contributed by atoms with van der Waals surface area (Å²) in [6.07, 6.45) is 2.68. The molecule has 1 aliphatic rings. The molecule has 2 aromatic carbocycles. The van der Waals surface area contributed by atoms with Crippen LogP contribution in [-0.2, 0) is 0 Å². The fourth-order valence-electron chi connectivity index (χ4n) is 4.07. The van der Waals surface area contributed by atoms with Crippen LogP contribution in [0.2, 0.25) is 0 Å². The van der Waals surface area contributed by atoms with Crippen molar-refractivity contribution in [1.82, 2.24) is 19.4 Å². The van der Waals surface area contributed by atoms with E-state index >= 15 is 0 Å². The molecule has 1 saturated heterocycles. The van der Waals surface area contributed by atoms with Crippen LogP contribution in [-0.4, -0.2) is 34.3 Å². The quantitative estimate of drug-likeness (QED) is 0.584. The van der Waals surface area contributed by atoms with Gasteiger partial charge in [-0.05, 0) is 60.5 Å². The van der Waals surface area contributed by atoms with Crippen LogP contribution in [0.4, 0.5) is 0 Å². The highest BCUT2D eigenvalue weighted by Crippen LogP contribution is 2.25. The topological polar surface area (TPSA) is 61.1 Å². The molecular formula is C23H22N4O2. The van der Waals surface area contributed by atoms with Gasteiger partial charge in [0.2, 0.25) is 0 Å². The van der Waals surface area contributed by atoms with Crippen molar-refractivity contribution in [2.24, 2.45) is 0 Å². The summed E-state index contributed by atoms with van der Waals surface area (Å²) in [5, 5.41) is 3.34. The van der Waals surface area contributed by atoms with Gasteiger partial charge in [-0.1, -0.05) is 24.3 Å². The maximum Gasteiger partial charge on any atom is 0.335 e. The van der Waals surface area contributed by atoms with Gasteiger partial charge in [-0.3, -0.25) is 9.13 Å². The van der Waals surface area contributed by atoms with Crippen LogP contribution in [0.1, 0.15) is 12.5 Å². The summed E-state index contributed by atoms with van der Waals surface area (Å²) >= 11 is 0. The number of benzene rings is 2. The molecule has 1 unspecified atom stereocenters. The van der Waals surface area contributed by atoms with Gasteiger partial charge in [0.15, 0.2) is 5.65 Å². The molecule has 29 heavy (non-hydrogen) atoms. The molecule has 0 radical (unpaired) electrons. The minimum absolute atomic E-state index is 0.0374. The maximum atomic E-state index is 13.3. The van der Waals surface area contributed by atoms with E-state index in [1.54, 1.807) is 17.9 Å². The third kappa shape index (κ3) is 3.02. The van der Waals surface area contributed by atoms with E-state index < -0.39 is 0 Å². The molecule has 2 aromatic heterocycles. The van der Waals surface area contributed by atoms with Gasteiger partial charge in [-0.15, -0.1) is 0 Å². The van der Waals surface area contributed by atoms with Gasteiger partial charge in [0.1, 0.15) is 5.75 Å². The summed E-state index contributed by atoms with van der Waals surface area (Å²) in [7, 11) is 1.66. The standard InChI is InChI=1S/C23H22N4O2/c1-29-20-10-6-17(7-11-20)16-4-8-18(9-5-16)26-21-3-2-13-25-22(21)27(23(26)28)19-12-14-24-15-19/h2-11,13,19,24H,12,14-15H2,1H3. The Morgan fingerprint density at radius 3 is 2.41 bits per heavy atom. The Hall–Kier alpha value is -3.38. The number of ether oxygens (including phenoxy) is 1. The maximum absolute atomic E-state index is 13.3. The van der Waals surface area contributed by atoms with Crippen molar-refractivity contribution in [2.45, 2.75) is 12.5 Å². The summed E-state index contributed by atoms with van der Waals surface area (Å²) in [4.78, 5) is 17.9. The van der Waals surface area contributed by atoms with Crippen molar-refractivity contribution in [3.05, 3.63) is 77.3 Å². The van der Waals surface area contributed by atoms with Crippen LogP contribution in [0.3, 0.4) is 0 Å². The second-order valence-electron chi connectivity index (χ2n) is 7.26. The molecule has 0 aliphatic carbocycles. The minimum Gasteiger partial charge on any atom is -0.497 e. The lowest BCUT2D eigenvalue weighted by molar-refractivity contribution is 0.415. The van der Waals surface area contributed by atoms with Crippen molar-refractivity contribution < 1.29 is 4.74 Å². The Kier molecular flexibility index (Phi) is 4.41. The van der Waals surface area contributed by atoms with Crippen LogP contribution in [0, 0.1) is 0 Å². The molecule has 0 saturated carbocycles. The van der Waals surface area contributed by atoms with Crippen LogP contribution in [0.25, 0.3) is 28.0 Å². The van der Waals surface area contributed by atoms with Crippen molar-refractivity contribution in [3.8, 4) is 22.6 Å². The zero-order valence-corrected chi connectivity index (χ0v) is 16.2. The molecule has 0 spiro atoms. The summed E-state index contributed by atoms with van der Waals surface area (Å²) in [5.74, 6) is 0.832. The first-order chi connectivity index (χ1) is 14.3. The average Bonchev–Trinajstić information content (AvgIpc) is 3.39. The number of hydrogen-bond donors (Lipinski definition) is 1. The van der Waals surface area contributed by atoms with E-state index in [0.29, 0.717) is 0 Å². The van der Waals surface area contributed by atoms with Crippen LogP contribution < -0.4 is 15.7 Å². The first-order valence-electron chi connectivity index (χ1n) is 9.80. The smallest absolute Gasteiger partial charge is 0.335 e. The largest absolute Gasteiger partial charge is 0.497 e. The van der Waals surface area contributed by atoms with E-state index in [-0.39, 0.29) is 11.7 Å². The van der Waals surface area contributed by atoms with Gasteiger partial charge < -0.3 is 10.1 Å². The Bertz CT molecular complexity index is 1200. The molecule has 0 amide bonds. The number of fused-ring (bicyclic) bond motifs is 1. The number of nitrogens with zero attached hydrogens (tertiary/aromatic N) is 3. The number of pyridine rings is 1. The Balaban J connectivity index is 1.59. The highest BCUT2D eigenvalue weighted by atomic mass is 16.5. The van der Waals surface area contributed by atoms with Crippen molar-refractivity contribution in [3.63, 3.8) is 0 Å². The normalized spacial score (nSPS) is 16.4. The molecule has 3 heterocycles. The van der Waals surface area contributed by atoms with Crippen molar-refractivity contribution >= 4 is 11.2 Å². The zero-order valence-electron chi connectivity index (χ0n) is 16.2. The summed E-state index contributed by atoms with van der Waals surface area (Å²) in [6.45, 7) is 1.72. The molecule has 1 aliphatic heterocycles. The second-order valence-corrected chi connectivity index (χ2v) is 7.26. The number of methoxy groups -OCH3 is 1. The first-order valence-corrected chi connectivity index (χ1v) is 9.80. The van der Waals surface area contributed by atoms with E-state index in [4.69, 9.17) is 4.74 Å². The molecule has 1 atom stereocenters. The summed E-state index contributed by atoms with van der Waals surface area (Å²) in [5.41, 5.74) is 4.57. The molecule has 0 bridgehead atoms. The molecule has 4 aromatic rings. The van der Waals surface area contributed by atoms with Crippen LogP contribution >= 0.6 is 0 Å². The van der Waals surface area contributed by atoms with Crippen LogP contribution in [0.15, 0.2) is 71.7 Å². The van der Waals surface area contributed by atoms with E-state index in [1.165, 1.54) is 0 Å². The average molecular weight is 386 g/mol. The lowest BCUT2D eigenvalue weighted by atomic mass is 10.1. The third-order valence-electron chi connectivity index (χ3n) is 5.58. The fraction of sp³-hybridized carbons (Fsp3) is 0.217. The minimum atomic E-state index is -0.0374. The predicted molar refractivity (Wildman–Crippen MR) is 114 cm³/mol. The Morgan fingerprint density at radius 1 is 1.03 bits per heavy atom. The number of rotatable bonds is 4. The Morgan fingerprint density at radius 2 is 1.76 bits per heavy atom. The molecule has 5 rings (SSSR count). The third-order valence-corrected chi connectivity index (χ3v) is 5.58. The number of nitrogens with one attached hydrogen (secondary N) is 1. The second kappa shape index (κ2) is 7.22. The monoisotopic (exact) mass is 386 g/mol. The number of imidazole rings is 1. The highest BCUT2D eigenvalue weighted by molar-refractivity contribution is 5.75. The van der Waals surface area contributed by atoms with Gasteiger partial charge in [0.25, 0.3) is 0 Å². The number of aromatic nitrogens is 3. The predicted octanol–water partition coefficient (Wildman–Crippen LogP) is 3.40. The van der Waals surface area contributed by atoms with Crippen molar-refractivity contribution in [1.29, 1.82) is 0 Å². The lowest BCUT2D eigenvalue weighted by Gasteiger charge is -2.09. The number of hydrogen-bond acceptors (Lipinski definition) is 4. The van der Waals surface area contributed by atoms with Crippen LogP contribution in [0.5, 0.6) is 5.75 Å². The van der Waals surface area contributed by atoms with E-state index in [2.05, 4.69) is 10.3 Å². The molecule has 146 valence electrons. The molecule has 6 nitrogen and oxygen atoms in total. The van der Waals surface area contributed by atoms with Crippen molar-refractivity contribution in [2.75, 3.05) is 20.2 Å². The molecular weight excluding hydrogens is 364 g/mol. The lowest BCUT2D eigenvalue weighted by Crippen LogP contribution is -2.28. The van der Waals surface area contributed by atoms with E-state index in [9.17, 15) is 4.79 Å². The van der Waals surface area contributed by atoms with E-state index in [1.807, 2.05) is 65.2 Å². The van der Waals surface area contributed by atoms with Gasteiger partial charge in [0.05, 0.1) is 24.4 Å². The van der Waals surface area contributed by atoms with Gasteiger partial charge >= 0.3 is 5.69 Å². The van der Waals surface area contributed by atoms with E-state index in [0.717, 1.165) is 53.2 Å². The fourth-order valence-corrected chi connectivity index (χ4v) is 4.07.